The number of amides is 1. The Bertz CT molecular complexity index is 801. The van der Waals surface area contributed by atoms with Crippen LogP contribution >= 0.6 is 0 Å². The molecule has 1 amide bonds. The fourth-order valence-corrected chi connectivity index (χ4v) is 4.25. The maximum Gasteiger partial charge on any atom is 0.241 e. The van der Waals surface area contributed by atoms with E-state index in [0.717, 1.165) is 18.4 Å². The number of rotatable bonds is 6. The number of carbonyl (C=O) groups is 1. The lowest BCUT2D eigenvalue weighted by molar-refractivity contribution is -0.131. The Morgan fingerprint density at radius 2 is 1.52 bits per heavy atom. The normalized spacial score (nSPS) is 15.9. The summed E-state index contributed by atoms with van der Waals surface area (Å²) in [7, 11) is -3.75. The second kappa shape index (κ2) is 7.80. The fraction of sp³-hybridized carbons (Fsp3) is 0.316. The molecule has 0 bridgehead atoms. The minimum absolute atomic E-state index is 0.152. The summed E-state index contributed by atoms with van der Waals surface area (Å²) < 4.78 is 28.0. The molecule has 1 N–H and O–H groups in total. The summed E-state index contributed by atoms with van der Waals surface area (Å²) >= 11 is 0. The Kier molecular flexibility index (Phi) is 5.50. The SMILES string of the molecule is O=C(C(Cc1ccccc1)NS(=O)(=O)c1ccccc1)N1CCCC1. The summed E-state index contributed by atoms with van der Waals surface area (Å²) in [5.41, 5.74) is 0.927. The molecule has 6 heteroatoms. The smallest absolute Gasteiger partial charge is 0.241 e. The van der Waals surface area contributed by atoms with Gasteiger partial charge in [0.15, 0.2) is 0 Å². The van der Waals surface area contributed by atoms with E-state index in [1.165, 1.54) is 12.1 Å². The Hall–Kier alpha value is -2.18. The van der Waals surface area contributed by atoms with Crippen LogP contribution in [0.4, 0.5) is 0 Å². The Morgan fingerprint density at radius 1 is 0.960 bits per heavy atom. The van der Waals surface area contributed by atoms with Gasteiger partial charge in [0, 0.05) is 13.1 Å². The predicted molar refractivity (Wildman–Crippen MR) is 96.5 cm³/mol. The zero-order valence-electron chi connectivity index (χ0n) is 14.0. The molecule has 1 aliphatic heterocycles. The molecule has 1 heterocycles. The molecule has 0 saturated carbocycles. The first-order valence-corrected chi connectivity index (χ1v) is 9.95. The van der Waals surface area contributed by atoms with Crippen molar-refractivity contribution in [1.82, 2.24) is 9.62 Å². The number of benzene rings is 2. The standard InChI is InChI=1S/C19H22N2O3S/c22-19(21-13-7-8-14-21)18(15-16-9-3-1-4-10-16)20-25(23,24)17-11-5-2-6-12-17/h1-6,9-12,18,20H,7-8,13-15H2. The molecule has 1 fully saturated rings. The van der Waals surface area contributed by atoms with E-state index in [1.807, 2.05) is 30.3 Å². The van der Waals surface area contributed by atoms with Gasteiger partial charge in [-0.25, -0.2) is 8.42 Å². The van der Waals surface area contributed by atoms with Gasteiger partial charge in [-0.3, -0.25) is 4.79 Å². The van der Waals surface area contributed by atoms with Crippen molar-refractivity contribution in [3.63, 3.8) is 0 Å². The lowest BCUT2D eigenvalue weighted by atomic mass is 10.1. The van der Waals surface area contributed by atoms with Crippen molar-refractivity contribution in [3.05, 3.63) is 66.2 Å². The van der Waals surface area contributed by atoms with Crippen molar-refractivity contribution >= 4 is 15.9 Å². The first-order valence-electron chi connectivity index (χ1n) is 8.46. The number of likely N-dealkylation sites (tertiary alicyclic amines) is 1. The highest BCUT2D eigenvalue weighted by molar-refractivity contribution is 7.89. The van der Waals surface area contributed by atoms with E-state index in [9.17, 15) is 13.2 Å². The molecule has 25 heavy (non-hydrogen) atoms. The maximum atomic E-state index is 12.9. The fourth-order valence-electron chi connectivity index (χ4n) is 3.04. The van der Waals surface area contributed by atoms with Gasteiger partial charge in [-0.15, -0.1) is 0 Å². The van der Waals surface area contributed by atoms with Gasteiger partial charge in [0.25, 0.3) is 0 Å². The van der Waals surface area contributed by atoms with Crippen LogP contribution in [0.25, 0.3) is 0 Å². The molecule has 1 saturated heterocycles. The van der Waals surface area contributed by atoms with Crippen molar-refractivity contribution in [1.29, 1.82) is 0 Å². The van der Waals surface area contributed by atoms with Crippen molar-refractivity contribution < 1.29 is 13.2 Å². The van der Waals surface area contributed by atoms with Gasteiger partial charge in [-0.2, -0.15) is 4.72 Å². The van der Waals surface area contributed by atoms with E-state index in [-0.39, 0.29) is 10.8 Å². The molecular formula is C19H22N2O3S. The third-order valence-electron chi connectivity index (χ3n) is 4.35. The highest BCUT2D eigenvalue weighted by atomic mass is 32.2. The number of sulfonamides is 1. The van der Waals surface area contributed by atoms with Crippen molar-refractivity contribution in [2.75, 3.05) is 13.1 Å². The molecule has 3 rings (SSSR count). The zero-order chi connectivity index (χ0) is 17.7. The Morgan fingerprint density at radius 3 is 2.12 bits per heavy atom. The average Bonchev–Trinajstić information content (AvgIpc) is 3.17. The summed E-state index contributed by atoms with van der Waals surface area (Å²) in [5.74, 6) is -0.152. The van der Waals surface area contributed by atoms with Gasteiger partial charge in [-0.1, -0.05) is 48.5 Å². The zero-order valence-corrected chi connectivity index (χ0v) is 14.8. The van der Waals surface area contributed by atoms with Crippen LogP contribution in [0.15, 0.2) is 65.6 Å². The van der Waals surface area contributed by atoms with E-state index < -0.39 is 16.1 Å². The first-order chi connectivity index (χ1) is 12.1. The van der Waals surface area contributed by atoms with Crippen LogP contribution in [0.5, 0.6) is 0 Å². The predicted octanol–water partition coefficient (Wildman–Crippen LogP) is 2.20. The molecule has 5 nitrogen and oxygen atoms in total. The highest BCUT2D eigenvalue weighted by Gasteiger charge is 2.30. The second-order valence-electron chi connectivity index (χ2n) is 6.21. The minimum Gasteiger partial charge on any atom is -0.341 e. The Labute approximate surface area is 148 Å². The van der Waals surface area contributed by atoms with Crippen LogP contribution in [0.1, 0.15) is 18.4 Å². The van der Waals surface area contributed by atoms with Crippen molar-refractivity contribution in [3.8, 4) is 0 Å². The minimum atomic E-state index is -3.75. The maximum absolute atomic E-state index is 12.9. The molecule has 0 aromatic heterocycles. The summed E-state index contributed by atoms with van der Waals surface area (Å²) in [6, 6.07) is 16.8. The van der Waals surface area contributed by atoms with E-state index >= 15 is 0 Å². The topological polar surface area (TPSA) is 66.5 Å². The molecule has 0 spiro atoms. The van der Waals surface area contributed by atoms with Crippen LogP contribution in [-0.2, 0) is 21.2 Å². The van der Waals surface area contributed by atoms with E-state index in [4.69, 9.17) is 0 Å². The molecule has 1 atom stereocenters. The van der Waals surface area contributed by atoms with Crippen LogP contribution in [0, 0.1) is 0 Å². The van der Waals surface area contributed by atoms with Gasteiger partial charge in [0.1, 0.15) is 6.04 Å². The number of hydrogen-bond acceptors (Lipinski definition) is 3. The van der Waals surface area contributed by atoms with Gasteiger partial charge < -0.3 is 4.90 Å². The number of nitrogens with zero attached hydrogens (tertiary/aromatic N) is 1. The van der Waals surface area contributed by atoms with Crippen LogP contribution in [0.3, 0.4) is 0 Å². The van der Waals surface area contributed by atoms with E-state index in [2.05, 4.69) is 4.72 Å². The molecule has 2 aromatic rings. The summed E-state index contributed by atoms with van der Waals surface area (Å²) in [6.45, 7) is 1.38. The quantitative estimate of drug-likeness (QED) is 0.861. The molecule has 1 aliphatic rings. The number of carbonyl (C=O) groups excluding carboxylic acids is 1. The number of nitrogens with one attached hydrogen (secondary N) is 1. The molecule has 0 aliphatic carbocycles. The summed E-state index contributed by atoms with van der Waals surface area (Å²) in [4.78, 5) is 14.8. The van der Waals surface area contributed by atoms with Gasteiger partial charge in [0.2, 0.25) is 15.9 Å². The van der Waals surface area contributed by atoms with Crippen molar-refractivity contribution in [2.45, 2.75) is 30.2 Å². The number of hydrogen-bond donors (Lipinski definition) is 1. The molecule has 132 valence electrons. The van der Waals surface area contributed by atoms with Crippen LogP contribution < -0.4 is 4.72 Å². The molecule has 0 radical (unpaired) electrons. The highest BCUT2D eigenvalue weighted by Crippen LogP contribution is 2.15. The largest absolute Gasteiger partial charge is 0.341 e. The van der Waals surface area contributed by atoms with Crippen LogP contribution in [-0.4, -0.2) is 38.4 Å². The molecule has 1 unspecified atom stereocenters. The van der Waals surface area contributed by atoms with Crippen molar-refractivity contribution in [2.24, 2.45) is 0 Å². The third kappa shape index (κ3) is 4.46. The lowest BCUT2D eigenvalue weighted by Crippen LogP contribution is -2.48. The summed E-state index contributed by atoms with van der Waals surface area (Å²) in [6.07, 6.45) is 2.27. The monoisotopic (exact) mass is 358 g/mol. The van der Waals surface area contributed by atoms with E-state index in [1.54, 1.807) is 23.1 Å². The Balaban J connectivity index is 1.84. The second-order valence-corrected chi connectivity index (χ2v) is 7.92. The van der Waals surface area contributed by atoms with Gasteiger partial charge in [0.05, 0.1) is 4.90 Å². The molecular weight excluding hydrogens is 336 g/mol. The summed E-state index contributed by atoms with van der Waals surface area (Å²) in [5, 5.41) is 0. The van der Waals surface area contributed by atoms with Crippen LogP contribution in [0.2, 0.25) is 0 Å². The van der Waals surface area contributed by atoms with E-state index in [0.29, 0.717) is 19.5 Å². The lowest BCUT2D eigenvalue weighted by Gasteiger charge is -2.24. The van der Waals surface area contributed by atoms with Gasteiger partial charge >= 0.3 is 0 Å². The third-order valence-corrected chi connectivity index (χ3v) is 5.84. The molecule has 2 aromatic carbocycles. The van der Waals surface area contributed by atoms with Gasteiger partial charge in [-0.05, 0) is 37.0 Å². The average molecular weight is 358 g/mol. The first kappa shape index (κ1) is 17.6.